The summed E-state index contributed by atoms with van der Waals surface area (Å²) in [7, 11) is 2.08. The summed E-state index contributed by atoms with van der Waals surface area (Å²) in [6.45, 7) is 1.90. The summed E-state index contributed by atoms with van der Waals surface area (Å²) in [5.74, 6) is 0. The van der Waals surface area contributed by atoms with Crippen LogP contribution in [0.25, 0.3) is 0 Å². The van der Waals surface area contributed by atoms with Gasteiger partial charge in [0.2, 0.25) is 0 Å². The fourth-order valence-electron chi connectivity index (χ4n) is 1.10. The zero-order chi connectivity index (χ0) is 7.84. The van der Waals surface area contributed by atoms with Crippen LogP contribution in [0.15, 0.2) is 11.4 Å². The van der Waals surface area contributed by atoms with Crippen molar-refractivity contribution < 1.29 is 9.47 Å². The molecule has 1 aromatic rings. The number of rotatable bonds is 1. The molecular formula is C7H9BO2S. The molecule has 4 heteroatoms. The molecule has 1 aliphatic heterocycles. The molecule has 2 heterocycles. The van der Waals surface area contributed by atoms with E-state index in [0.717, 1.165) is 5.56 Å². The predicted octanol–water partition coefficient (Wildman–Crippen LogP) is 0.398. The Hall–Kier alpha value is -0.315. The molecule has 0 aromatic carbocycles. The van der Waals surface area contributed by atoms with Crippen molar-refractivity contribution in [2.45, 2.75) is 19.5 Å². The summed E-state index contributed by atoms with van der Waals surface area (Å²) in [5, 5.41) is 2.08. The van der Waals surface area contributed by atoms with Gasteiger partial charge in [-0.05, 0) is 23.1 Å². The maximum atomic E-state index is 5.32. The van der Waals surface area contributed by atoms with Crippen molar-refractivity contribution in [3.05, 3.63) is 17.0 Å². The Morgan fingerprint density at radius 3 is 2.73 bits per heavy atom. The molecule has 0 spiro atoms. The maximum Gasteiger partial charge on any atom is 0.190 e. The predicted molar refractivity (Wildman–Crippen MR) is 46.9 cm³/mol. The molecule has 0 saturated carbocycles. The number of hydrogen-bond donors (Lipinski definition) is 0. The second-order valence-electron chi connectivity index (χ2n) is 2.66. The minimum atomic E-state index is -0.102. The lowest BCUT2D eigenvalue weighted by atomic mass is 10.1. The first-order valence-electron chi connectivity index (χ1n) is 3.61. The molecule has 0 N–H and O–H groups in total. The van der Waals surface area contributed by atoms with E-state index in [0.29, 0.717) is 0 Å². The Bertz CT molecular complexity index is 255. The Morgan fingerprint density at radius 1 is 1.55 bits per heavy atom. The van der Waals surface area contributed by atoms with Crippen LogP contribution >= 0.6 is 11.3 Å². The fraction of sp³-hybridized carbons (Fsp3) is 0.429. The summed E-state index contributed by atoms with van der Waals surface area (Å²) < 4.78 is 11.9. The molecule has 1 fully saturated rings. The van der Waals surface area contributed by atoms with Gasteiger partial charge in [-0.25, -0.2) is 0 Å². The SMILES string of the molecule is Bc1cc(C2OC(C)O2)cs1. The zero-order valence-electron chi connectivity index (χ0n) is 6.53. The lowest BCUT2D eigenvalue weighted by Crippen LogP contribution is -2.31. The monoisotopic (exact) mass is 168 g/mol. The van der Waals surface area contributed by atoms with Crippen LogP contribution in [0.5, 0.6) is 0 Å². The van der Waals surface area contributed by atoms with Gasteiger partial charge < -0.3 is 9.47 Å². The van der Waals surface area contributed by atoms with Crippen molar-refractivity contribution in [3.63, 3.8) is 0 Å². The van der Waals surface area contributed by atoms with Crippen molar-refractivity contribution in [2.24, 2.45) is 0 Å². The van der Waals surface area contributed by atoms with Gasteiger partial charge in [-0.2, -0.15) is 11.3 Å². The molecule has 0 aliphatic carbocycles. The van der Waals surface area contributed by atoms with Crippen molar-refractivity contribution in [3.8, 4) is 0 Å². The zero-order valence-corrected chi connectivity index (χ0v) is 7.35. The summed E-state index contributed by atoms with van der Waals surface area (Å²) in [5.41, 5.74) is 1.14. The smallest absolute Gasteiger partial charge is 0.190 e. The summed E-state index contributed by atoms with van der Waals surface area (Å²) in [6.07, 6.45) is -0.129. The van der Waals surface area contributed by atoms with E-state index >= 15 is 0 Å². The molecule has 11 heavy (non-hydrogen) atoms. The van der Waals surface area contributed by atoms with Gasteiger partial charge in [-0.1, -0.05) is 0 Å². The van der Waals surface area contributed by atoms with Gasteiger partial charge in [-0.15, -0.1) is 0 Å². The molecule has 2 rings (SSSR count). The molecule has 0 bridgehead atoms. The van der Waals surface area contributed by atoms with E-state index in [9.17, 15) is 0 Å². The second-order valence-corrected chi connectivity index (χ2v) is 3.78. The van der Waals surface area contributed by atoms with E-state index in [1.807, 2.05) is 6.92 Å². The molecule has 1 saturated heterocycles. The molecule has 0 atom stereocenters. The first-order chi connectivity index (χ1) is 5.25. The normalized spacial score (nSPS) is 29.9. The third kappa shape index (κ3) is 1.34. The highest BCUT2D eigenvalue weighted by Gasteiger charge is 2.28. The highest BCUT2D eigenvalue weighted by molar-refractivity contribution is 7.18. The van der Waals surface area contributed by atoms with Crippen LogP contribution in [-0.4, -0.2) is 14.1 Å². The first kappa shape index (κ1) is 7.34. The first-order valence-corrected chi connectivity index (χ1v) is 4.49. The fourth-order valence-corrected chi connectivity index (χ4v) is 1.81. The molecule has 2 nitrogen and oxygen atoms in total. The van der Waals surface area contributed by atoms with Crippen molar-refractivity contribution in [1.29, 1.82) is 0 Å². The van der Waals surface area contributed by atoms with Crippen molar-refractivity contribution in [2.75, 3.05) is 0 Å². The van der Waals surface area contributed by atoms with Gasteiger partial charge in [-0.3, -0.25) is 0 Å². The van der Waals surface area contributed by atoms with E-state index in [1.165, 1.54) is 4.78 Å². The van der Waals surface area contributed by atoms with Crippen LogP contribution in [0.1, 0.15) is 18.8 Å². The van der Waals surface area contributed by atoms with Crippen LogP contribution in [0.3, 0.4) is 0 Å². The summed E-state index contributed by atoms with van der Waals surface area (Å²) >= 11 is 1.72. The largest absolute Gasteiger partial charge is 0.320 e. The van der Waals surface area contributed by atoms with Crippen molar-refractivity contribution in [1.82, 2.24) is 0 Å². The van der Waals surface area contributed by atoms with Crippen LogP contribution in [0, 0.1) is 0 Å². The highest BCUT2D eigenvalue weighted by atomic mass is 32.1. The maximum absolute atomic E-state index is 5.32. The van der Waals surface area contributed by atoms with Gasteiger partial charge in [0.15, 0.2) is 20.4 Å². The third-order valence-corrected chi connectivity index (χ3v) is 2.53. The average Bonchev–Trinajstić information content (AvgIpc) is 2.29. The minimum absolute atomic E-state index is 0.0276. The summed E-state index contributed by atoms with van der Waals surface area (Å²) in [4.78, 5) is 0. The molecule has 58 valence electrons. The Morgan fingerprint density at radius 2 is 2.27 bits per heavy atom. The molecule has 0 amide bonds. The Kier molecular flexibility index (Phi) is 1.75. The standard InChI is InChI=1S/C7H9BO2S/c1-4-9-7(10-4)5-2-6(8)11-3-5/h2-4,7H,8H2,1H3. The second kappa shape index (κ2) is 2.62. The van der Waals surface area contributed by atoms with Gasteiger partial charge in [0.1, 0.15) is 0 Å². The lowest BCUT2D eigenvalue weighted by molar-refractivity contribution is -0.382. The van der Waals surface area contributed by atoms with E-state index in [-0.39, 0.29) is 12.6 Å². The molecular weight excluding hydrogens is 159 g/mol. The summed E-state index contributed by atoms with van der Waals surface area (Å²) in [6, 6.07) is 2.10. The van der Waals surface area contributed by atoms with Crippen LogP contribution < -0.4 is 4.78 Å². The average molecular weight is 168 g/mol. The van der Waals surface area contributed by atoms with E-state index in [1.54, 1.807) is 11.3 Å². The lowest BCUT2D eigenvalue weighted by Gasteiger charge is -2.33. The van der Waals surface area contributed by atoms with Gasteiger partial charge in [0, 0.05) is 5.56 Å². The van der Waals surface area contributed by atoms with Gasteiger partial charge >= 0.3 is 0 Å². The quantitative estimate of drug-likeness (QED) is 0.565. The van der Waals surface area contributed by atoms with E-state index in [4.69, 9.17) is 9.47 Å². The van der Waals surface area contributed by atoms with E-state index in [2.05, 4.69) is 19.3 Å². The van der Waals surface area contributed by atoms with Gasteiger partial charge in [0.25, 0.3) is 0 Å². The molecule has 1 aliphatic rings. The van der Waals surface area contributed by atoms with Gasteiger partial charge in [0.05, 0.1) is 0 Å². The molecule has 0 radical (unpaired) electrons. The van der Waals surface area contributed by atoms with Crippen LogP contribution in [0.2, 0.25) is 0 Å². The van der Waals surface area contributed by atoms with E-state index < -0.39 is 0 Å². The molecule has 1 aromatic heterocycles. The number of hydrogen-bond acceptors (Lipinski definition) is 3. The van der Waals surface area contributed by atoms with Crippen LogP contribution in [0.4, 0.5) is 0 Å². The number of thiophene rings is 1. The minimum Gasteiger partial charge on any atom is -0.320 e. The number of ether oxygens (including phenoxy) is 2. The van der Waals surface area contributed by atoms with Crippen LogP contribution in [-0.2, 0) is 9.47 Å². The molecule has 0 unspecified atom stereocenters. The Balaban J connectivity index is 2.07. The Labute approximate surface area is 70.5 Å². The topological polar surface area (TPSA) is 18.5 Å². The highest BCUT2D eigenvalue weighted by Crippen LogP contribution is 2.31. The van der Waals surface area contributed by atoms with Crippen molar-refractivity contribution >= 4 is 24.0 Å². The third-order valence-electron chi connectivity index (χ3n) is 1.65.